The molecule has 19 heavy (non-hydrogen) atoms. The van der Waals surface area contributed by atoms with Crippen LogP contribution in [0.25, 0.3) is 0 Å². The third-order valence-corrected chi connectivity index (χ3v) is 3.55. The van der Waals surface area contributed by atoms with E-state index in [1.807, 2.05) is 19.1 Å². The lowest BCUT2D eigenvalue weighted by molar-refractivity contribution is 0.559. The molecule has 2 rings (SSSR count). The maximum Gasteiger partial charge on any atom is 0.0589 e. The molecule has 1 heterocycles. The quantitative estimate of drug-likeness (QED) is 0.923. The summed E-state index contributed by atoms with van der Waals surface area (Å²) in [6.45, 7) is 4.14. The third-order valence-electron chi connectivity index (χ3n) is 3.32. The molecule has 0 radical (unpaired) electrons. The van der Waals surface area contributed by atoms with Gasteiger partial charge in [-0.05, 0) is 38.0 Å². The van der Waals surface area contributed by atoms with Crippen LogP contribution >= 0.6 is 11.6 Å². The van der Waals surface area contributed by atoms with Crippen molar-refractivity contribution in [1.29, 1.82) is 0 Å². The second-order valence-electron chi connectivity index (χ2n) is 5.05. The number of benzene rings is 1. The molecule has 2 aromatic rings. The van der Waals surface area contributed by atoms with Crippen molar-refractivity contribution >= 4 is 11.6 Å². The van der Waals surface area contributed by atoms with Crippen molar-refractivity contribution in [2.75, 3.05) is 0 Å². The molecule has 2 N–H and O–H groups in total. The topological polar surface area (TPSA) is 38.9 Å². The Morgan fingerprint density at radius 3 is 2.63 bits per heavy atom. The number of hydrogen-bond donors (Lipinski definition) is 1. The number of nitrogens with two attached hydrogens (primary N) is 1. The summed E-state index contributed by atoms with van der Waals surface area (Å²) in [7, 11) is 0. The van der Waals surface area contributed by atoms with Gasteiger partial charge < -0.3 is 5.73 Å². The van der Waals surface area contributed by atoms with Crippen LogP contribution in [0.15, 0.2) is 42.6 Å². The highest BCUT2D eigenvalue weighted by atomic mass is 35.5. The summed E-state index contributed by atoms with van der Waals surface area (Å²) in [6.07, 6.45) is 2.52. The average molecular weight is 275 g/mol. The van der Waals surface area contributed by atoms with E-state index in [1.54, 1.807) is 6.20 Å². The van der Waals surface area contributed by atoms with Crippen molar-refractivity contribution in [1.82, 2.24) is 4.98 Å². The summed E-state index contributed by atoms with van der Waals surface area (Å²) in [5.74, 6) is 0.272. The maximum atomic E-state index is 6.14. The minimum absolute atomic E-state index is 0.0827. The van der Waals surface area contributed by atoms with Crippen LogP contribution in [0.1, 0.15) is 29.7 Å². The molecular formula is C16H19ClN2. The van der Waals surface area contributed by atoms with Gasteiger partial charge in [-0.15, -0.1) is 0 Å². The Kier molecular flexibility index (Phi) is 4.56. The average Bonchev–Trinajstić information content (AvgIpc) is 2.37. The van der Waals surface area contributed by atoms with E-state index < -0.39 is 0 Å². The molecule has 0 saturated heterocycles. The van der Waals surface area contributed by atoms with E-state index in [-0.39, 0.29) is 12.0 Å². The van der Waals surface area contributed by atoms with Gasteiger partial charge in [0.15, 0.2) is 0 Å². The predicted molar refractivity (Wildman–Crippen MR) is 80.5 cm³/mol. The van der Waals surface area contributed by atoms with Gasteiger partial charge in [-0.3, -0.25) is 4.98 Å². The van der Waals surface area contributed by atoms with E-state index in [1.165, 1.54) is 11.1 Å². The van der Waals surface area contributed by atoms with Crippen molar-refractivity contribution in [3.05, 3.63) is 64.4 Å². The van der Waals surface area contributed by atoms with E-state index in [0.29, 0.717) is 5.02 Å². The molecule has 0 spiro atoms. The number of aromatic nitrogens is 1. The zero-order valence-corrected chi connectivity index (χ0v) is 12.1. The summed E-state index contributed by atoms with van der Waals surface area (Å²) in [6, 6.07) is 12.4. The van der Waals surface area contributed by atoms with Crippen LogP contribution in [0.4, 0.5) is 0 Å². The monoisotopic (exact) mass is 274 g/mol. The Bertz CT molecular complexity index is 535. The van der Waals surface area contributed by atoms with Crippen LogP contribution in [-0.2, 0) is 6.42 Å². The molecule has 0 saturated carbocycles. The number of nitrogens with zero attached hydrogens (tertiary/aromatic N) is 1. The molecule has 0 aliphatic heterocycles. The normalized spacial score (nSPS) is 14.1. The van der Waals surface area contributed by atoms with Crippen molar-refractivity contribution in [3.8, 4) is 0 Å². The lowest BCUT2D eigenvalue weighted by atomic mass is 9.88. The minimum Gasteiger partial charge on any atom is -0.327 e. The van der Waals surface area contributed by atoms with Crippen LogP contribution in [0.3, 0.4) is 0 Å². The molecule has 0 fully saturated rings. The highest BCUT2D eigenvalue weighted by molar-refractivity contribution is 6.30. The van der Waals surface area contributed by atoms with Crippen LogP contribution in [0.2, 0.25) is 5.02 Å². The molecule has 2 atom stereocenters. The van der Waals surface area contributed by atoms with Gasteiger partial charge in [-0.1, -0.05) is 41.4 Å². The van der Waals surface area contributed by atoms with Gasteiger partial charge in [0.25, 0.3) is 0 Å². The maximum absolute atomic E-state index is 6.14. The Morgan fingerprint density at radius 1 is 1.26 bits per heavy atom. The standard InChI is InChI=1S/C16H19ClN2/c1-11-4-3-5-13(8-11)16(12(2)18)9-15-7-6-14(17)10-19-15/h3-8,10,12,16H,9,18H2,1-2H3. The van der Waals surface area contributed by atoms with Crippen LogP contribution in [-0.4, -0.2) is 11.0 Å². The van der Waals surface area contributed by atoms with E-state index in [0.717, 1.165) is 12.1 Å². The first kappa shape index (κ1) is 14.0. The summed E-state index contributed by atoms with van der Waals surface area (Å²) in [5.41, 5.74) is 9.69. The molecule has 3 heteroatoms. The smallest absolute Gasteiger partial charge is 0.0589 e. The van der Waals surface area contributed by atoms with E-state index in [4.69, 9.17) is 17.3 Å². The molecule has 0 bridgehead atoms. The van der Waals surface area contributed by atoms with Crippen molar-refractivity contribution in [2.45, 2.75) is 32.2 Å². The van der Waals surface area contributed by atoms with Gasteiger partial charge in [0.05, 0.1) is 5.02 Å². The molecular weight excluding hydrogens is 256 g/mol. The molecule has 0 amide bonds. The summed E-state index contributed by atoms with van der Waals surface area (Å²) < 4.78 is 0. The number of aryl methyl sites for hydroxylation is 1. The summed E-state index contributed by atoms with van der Waals surface area (Å²) in [5, 5.41) is 0.664. The predicted octanol–water partition coefficient (Wildman–Crippen LogP) is 3.72. The SMILES string of the molecule is Cc1cccc(C(Cc2ccc(Cl)cn2)C(C)N)c1. The molecule has 100 valence electrons. The second kappa shape index (κ2) is 6.18. The fourth-order valence-electron chi connectivity index (χ4n) is 2.26. The van der Waals surface area contributed by atoms with Crippen molar-refractivity contribution in [3.63, 3.8) is 0 Å². The Balaban J connectivity index is 2.23. The van der Waals surface area contributed by atoms with Gasteiger partial charge in [-0.25, -0.2) is 0 Å². The van der Waals surface area contributed by atoms with Gasteiger partial charge in [0, 0.05) is 23.9 Å². The number of hydrogen-bond acceptors (Lipinski definition) is 2. The zero-order chi connectivity index (χ0) is 13.8. The van der Waals surface area contributed by atoms with Gasteiger partial charge >= 0.3 is 0 Å². The second-order valence-corrected chi connectivity index (χ2v) is 5.49. The highest BCUT2D eigenvalue weighted by Crippen LogP contribution is 2.24. The fourth-order valence-corrected chi connectivity index (χ4v) is 2.37. The van der Waals surface area contributed by atoms with Gasteiger partial charge in [0.1, 0.15) is 0 Å². The fraction of sp³-hybridized carbons (Fsp3) is 0.312. The molecule has 0 aliphatic carbocycles. The van der Waals surface area contributed by atoms with Crippen molar-refractivity contribution in [2.24, 2.45) is 5.73 Å². The van der Waals surface area contributed by atoms with Crippen molar-refractivity contribution < 1.29 is 0 Å². The van der Waals surface area contributed by atoms with Crippen LogP contribution < -0.4 is 5.73 Å². The number of pyridine rings is 1. The van der Waals surface area contributed by atoms with E-state index in [9.17, 15) is 0 Å². The van der Waals surface area contributed by atoms with E-state index >= 15 is 0 Å². The van der Waals surface area contributed by atoms with Gasteiger partial charge in [0.2, 0.25) is 0 Å². The Labute approximate surface area is 119 Å². The number of rotatable bonds is 4. The van der Waals surface area contributed by atoms with Gasteiger partial charge in [-0.2, -0.15) is 0 Å². The first-order valence-electron chi connectivity index (χ1n) is 6.49. The molecule has 0 aliphatic rings. The Morgan fingerprint density at radius 2 is 2.05 bits per heavy atom. The third kappa shape index (κ3) is 3.79. The lowest BCUT2D eigenvalue weighted by Gasteiger charge is -2.21. The molecule has 1 aromatic heterocycles. The first-order chi connectivity index (χ1) is 9.06. The minimum atomic E-state index is 0.0827. The molecule has 2 unspecified atom stereocenters. The van der Waals surface area contributed by atoms with Crippen LogP contribution in [0.5, 0.6) is 0 Å². The highest BCUT2D eigenvalue weighted by Gasteiger charge is 2.17. The number of halogens is 1. The lowest BCUT2D eigenvalue weighted by Crippen LogP contribution is -2.26. The zero-order valence-electron chi connectivity index (χ0n) is 11.3. The largest absolute Gasteiger partial charge is 0.327 e. The Hall–Kier alpha value is -1.38. The van der Waals surface area contributed by atoms with E-state index in [2.05, 4.69) is 36.2 Å². The van der Waals surface area contributed by atoms with Crippen LogP contribution in [0, 0.1) is 6.92 Å². The summed E-state index contributed by atoms with van der Waals surface area (Å²) in [4.78, 5) is 4.36. The first-order valence-corrected chi connectivity index (χ1v) is 6.86. The molecule has 1 aromatic carbocycles. The summed E-state index contributed by atoms with van der Waals surface area (Å²) >= 11 is 5.86. The molecule has 2 nitrogen and oxygen atoms in total.